The fourth-order valence-electron chi connectivity index (χ4n) is 6.15. The van der Waals surface area contributed by atoms with Crippen molar-refractivity contribution >= 4 is 11.8 Å². The molecule has 6 heteroatoms. The summed E-state index contributed by atoms with van der Waals surface area (Å²) < 4.78 is 6.04. The number of amides is 2. The van der Waals surface area contributed by atoms with E-state index < -0.39 is 0 Å². The lowest BCUT2D eigenvalue weighted by molar-refractivity contribution is -0.164. The highest BCUT2D eigenvalue weighted by molar-refractivity contribution is 5.89. The Kier molecular flexibility index (Phi) is 5.44. The first-order valence-electron chi connectivity index (χ1n) is 11.7. The molecular formula is C24H33N3O3. The lowest BCUT2D eigenvalue weighted by atomic mass is 9.71. The molecule has 0 aliphatic carbocycles. The van der Waals surface area contributed by atoms with E-state index in [-0.39, 0.29) is 29.8 Å². The summed E-state index contributed by atoms with van der Waals surface area (Å²) in [4.78, 5) is 32.8. The second-order valence-corrected chi connectivity index (χ2v) is 9.49. The molecule has 0 N–H and O–H groups in total. The molecule has 2 bridgehead atoms. The van der Waals surface area contributed by atoms with Gasteiger partial charge in [0.1, 0.15) is 17.6 Å². The summed E-state index contributed by atoms with van der Waals surface area (Å²) >= 11 is 0. The average molecular weight is 412 g/mol. The summed E-state index contributed by atoms with van der Waals surface area (Å²) in [7, 11) is 0. The van der Waals surface area contributed by atoms with Gasteiger partial charge in [0, 0.05) is 51.0 Å². The molecule has 30 heavy (non-hydrogen) atoms. The lowest BCUT2D eigenvalue weighted by Crippen LogP contribution is -2.68. The predicted molar refractivity (Wildman–Crippen MR) is 114 cm³/mol. The van der Waals surface area contributed by atoms with Crippen LogP contribution in [0, 0.1) is 11.8 Å². The minimum absolute atomic E-state index is 0.147. The highest BCUT2D eigenvalue weighted by Gasteiger charge is 2.52. The number of carbonyl (C=O) groups is 2. The van der Waals surface area contributed by atoms with E-state index in [1.807, 2.05) is 9.80 Å². The van der Waals surface area contributed by atoms with Gasteiger partial charge in [-0.2, -0.15) is 0 Å². The summed E-state index contributed by atoms with van der Waals surface area (Å²) in [5.41, 5.74) is 0. The summed E-state index contributed by atoms with van der Waals surface area (Å²) in [6.45, 7) is 6.15. The van der Waals surface area contributed by atoms with E-state index in [4.69, 9.17) is 4.42 Å². The third-order valence-corrected chi connectivity index (χ3v) is 7.39. The molecule has 5 rings (SSSR count). The quantitative estimate of drug-likeness (QED) is 0.699. The van der Waals surface area contributed by atoms with E-state index >= 15 is 0 Å². The standard InChI is InChI=1S/C24H33N3O3/c1-2-6-19-9-10-20(30-19)16-25-14-17-13-18(15-25)23(24(29)26-11-3-4-12-26)27-21(17)7-5-8-22(27)28/h3-4,9-10,17-18,21,23H,2,5-8,11-16H2,1H3/t17-,18+,21+,23-/m1/s1. The third-order valence-electron chi connectivity index (χ3n) is 7.39. The maximum absolute atomic E-state index is 13.5. The minimum Gasteiger partial charge on any atom is -0.465 e. The minimum atomic E-state index is -0.297. The Balaban J connectivity index is 1.37. The van der Waals surface area contributed by atoms with E-state index in [1.165, 1.54) is 0 Å². The molecule has 2 amide bonds. The van der Waals surface area contributed by atoms with Crippen molar-refractivity contribution in [1.82, 2.24) is 14.7 Å². The molecule has 4 aliphatic heterocycles. The van der Waals surface area contributed by atoms with Crippen molar-refractivity contribution in [2.75, 3.05) is 26.2 Å². The van der Waals surface area contributed by atoms with Crippen molar-refractivity contribution in [2.45, 2.75) is 64.1 Å². The second kappa shape index (κ2) is 8.22. The van der Waals surface area contributed by atoms with Crippen LogP contribution < -0.4 is 0 Å². The molecule has 4 aliphatic rings. The Labute approximate surface area is 178 Å². The fourth-order valence-corrected chi connectivity index (χ4v) is 6.15. The topological polar surface area (TPSA) is 57.0 Å². The fraction of sp³-hybridized carbons (Fsp3) is 0.667. The van der Waals surface area contributed by atoms with Gasteiger partial charge in [0.2, 0.25) is 11.8 Å². The van der Waals surface area contributed by atoms with Crippen molar-refractivity contribution in [3.05, 3.63) is 35.8 Å². The molecule has 0 unspecified atom stereocenters. The van der Waals surface area contributed by atoms with Crippen LogP contribution in [0.2, 0.25) is 0 Å². The average Bonchev–Trinajstić information content (AvgIpc) is 3.41. The van der Waals surface area contributed by atoms with Crippen molar-refractivity contribution in [3.8, 4) is 0 Å². The Hall–Kier alpha value is -2.08. The number of nitrogens with zero attached hydrogens (tertiary/aromatic N) is 3. The molecule has 0 saturated carbocycles. The molecule has 0 aromatic carbocycles. The highest BCUT2D eigenvalue weighted by Crippen LogP contribution is 2.42. The first-order valence-corrected chi connectivity index (χ1v) is 11.7. The van der Waals surface area contributed by atoms with Crippen molar-refractivity contribution in [1.29, 1.82) is 0 Å². The molecule has 3 fully saturated rings. The van der Waals surface area contributed by atoms with Crippen LogP contribution in [-0.2, 0) is 22.6 Å². The molecule has 3 saturated heterocycles. The normalized spacial score (nSPS) is 31.3. The smallest absolute Gasteiger partial charge is 0.246 e. The van der Waals surface area contributed by atoms with Gasteiger partial charge in [-0.1, -0.05) is 19.1 Å². The van der Waals surface area contributed by atoms with Crippen LogP contribution in [-0.4, -0.2) is 64.8 Å². The zero-order chi connectivity index (χ0) is 20.7. The molecule has 1 aromatic rings. The van der Waals surface area contributed by atoms with Crippen molar-refractivity contribution in [3.63, 3.8) is 0 Å². The van der Waals surface area contributed by atoms with Crippen LogP contribution in [0.5, 0.6) is 0 Å². The number of carbonyl (C=O) groups excluding carboxylic acids is 2. The van der Waals surface area contributed by atoms with Gasteiger partial charge in [0.05, 0.1) is 6.54 Å². The zero-order valence-corrected chi connectivity index (χ0v) is 18.0. The zero-order valence-electron chi connectivity index (χ0n) is 18.0. The SMILES string of the molecule is CCCc1ccc(CN2C[C@H]3C[C@@H](C2)[C@H](C(=O)N2CC=CC2)N2C(=O)CCC[C@@H]32)o1. The van der Waals surface area contributed by atoms with Gasteiger partial charge in [-0.3, -0.25) is 14.5 Å². The van der Waals surface area contributed by atoms with Crippen molar-refractivity contribution < 1.29 is 14.0 Å². The molecule has 6 nitrogen and oxygen atoms in total. The second-order valence-electron chi connectivity index (χ2n) is 9.49. The van der Waals surface area contributed by atoms with E-state index in [0.717, 1.165) is 63.3 Å². The van der Waals surface area contributed by atoms with Crippen LogP contribution in [0.25, 0.3) is 0 Å². The third kappa shape index (κ3) is 3.59. The van der Waals surface area contributed by atoms with E-state index in [0.29, 0.717) is 25.4 Å². The van der Waals surface area contributed by atoms with Gasteiger partial charge in [-0.15, -0.1) is 0 Å². The highest BCUT2D eigenvalue weighted by atomic mass is 16.3. The summed E-state index contributed by atoms with van der Waals surface area (Å²) in [5, 5.41) is 0. The van der Waals surface area contributed by atoms with Gasteiger partial charge in [-0.05, 0) is 43.7 Å². The molecular weight excluding hydrogens is 378 g/mol. The Morgan fingerprint density at radius 3 is 2.70 bits per heavy atom. The van der Waals surface area contributed by atoms with Gasteiger partial charge >= 0.3 is 0 Å². The monoisotopic (exact) mass is 411 g/mol. The summed E-state index contributed by atoms with van der Waals surface area (Å²) in [6, 6.07) is 4.11. The molecule has 0 spiro atoms. The number of rotatable bonds is 5. The van der Waals surface area contributed by atoms with Gasteiger partial charge in [0.15, 0.2) is 0 Å². The first kappa shape index (κ1) is 19.9. The van der Waals surface area contributed by atoms with Crippen LogP contribution in [0.4, 0.5) is 0 Å². The van der Waals surface area contributed by atoms with Crippen LogP contribution >= 0.6 is 0 Å². The summed E-state index contributed by atoms with van der Waals surface area (Å²) in [6.07, 6.45) is 9.79. The van der Waals surface area contributed by atoms with Crippen LogP contribution in [0.15, 0.2) is 28.7 Å². The number of likely N-dealkylation sites (tertiary alicyclic amines) is 1. The lowest BCUT2D eigenvalue weighted by Gasteiger charge is -2.56. The summed E-state index contributed by atoms with van der Waals surface area (Å²) in [5.74, 6) is 3.08. The number of aryl methyl sites for hydroxylation is 1. The molecule has 4 atom stereocenters. The Morgan fingerprint density at radius 2 is 1.90 bits per heavy atom. The molecule has 0 radical (unpaired) electrons. The van der Waals surface area contributed by atoms with Crippen LogP contribution in [0.3, 0.4) is 0 Å². The largest absolute Gasteiger partial charge is 0.465 e. The van der Waals surface area contributed by atoms with E-state index in [2.05, 4.69) is 36.1 Å². The number of furan rings is 1. The Bertz CT molecular complexity index is 823. The molecule has 5 heterocycles. The number of hydrogen-bond donors (Lipinski definition) is 0. The number of fused-ring (bicyclic) bond motifs is 4. The van der Waals surface area contributed by atoms with Crippen LogP contribution in [0.1, 0.15) is 50.5 Å². The molecule has 162 valence electrons. The Morgan fingerprint density at radius 1 is 1.13 bits per heavy atom. The molecule has 1 aromatic heterocycles. The van der Waals surface area contributed by atoms with Crippen molar-refractivity contribution in [2.24, 2.45) is 11.8 Å². The van der Waals surface area contributed by atoms with E-state index in [1.54, 1.807) is 0 Å². The first-order chi connectivity index (χ1) is 14.6. The van der Waals surface area contributed by atoms with Gasteiger partial charge in [0.25, 0.3) is 0 Å². The predicted octanol–water partition coefficient (Wildman–Crippen LogP) is 2.83. The number of piperidine rings is 3. The van der Waals surface area contributed by atoms with E-state index in [9.17, 15) is 9.59 Å². The number of hydrogen-bond acceptors (Lipinski definition) is 4. The van der Waals surface area contributed by atoms with Gasteiger partial charge in [-0.25, -0.2) is 0 Å². The maximum Gasteiger partial charge on any atom is 0.246 e. The maximum atomic E-state index is 13.5. The van der Waals surface area contributed by atoms with Gasteiger partial charge < -0.3 is 14.2 Å².